The van der Waals surface area contributed by atoms with Crippen LogP contribution in [-0.2, 0) is 10.0 Å². The average Bonchev–Trinajstić information content (AvgIpc) is 2.93. The van der Waals surface area contributed by atoms with E-state index < -0.39 is 10.0 Å². The molecule has 0 saturated carbocycles. The Morgan fingerprint density at radius 1 is 1.30 bits per heavy atom. The molecule has 20 heavy (non-hydrogen) atoms. The van der Waals surface area contributed by atoms with Gasteiger partial charge < -0.3 is 5.73 Å². The highest BCUT2D eigenvalue weighted by molar-refractivity contribution is 7.89. The van der Waals surface area contributed by atoms with Crippen LogP contribution in [0.4, 0.5) is 5.69 Å². The molecule has 2 heterocycles. The number of aryl methyl sites for hydroxylation is 1. The fourth-order valence-electron chi connectivity index (χ4n) is 3.40. The van der Waals surface area contributed by atoms with E-state index in [9.17, 15) is 8.42 Å². The summed E-state index contributed by atoms with van der Waals surface area (Å²) in [6.45, 7) is 3.98. The van der Waals surface area contributed by atoms with E-state index >= 15 is 0 Å². The fourth-order valence-corrected chi connectivity index (χ4v) is 4.81. The summed E-state index contributed by atoms with van der Waals surface area (Å²) in [7, 11) is -3.53. The number of sulfonamides is 1. The summed E-state index contributed by atoms with van der Waals surface area (Å²) >= 11 is 0. The van der Waals surface area contributed by atoms with Crippen LogP contribution >= 0.6 is 0 Å². The van der Waals surface area contributed by atoms with Crippen molar-refractivity contribution in [2.45, 2.75) is 43.2 Å². The summed E-state index contributed by atoms with van der Waals surface area (Å²) in [6.07, 6.45) is 3.13. The molecule has 0 radical (unpaired) electrons. The number of benzene rings is 1. The Morgan fingerprint density at radius 3 is 2.85 bits per heavy atom. The number of nitrogens with two attached hydrogens (primary N) is 1. The van der Waals surface area contributed by atoms with Crippen LogP contribution in [0.3, 0.4) is 0 Å². The molecule has 2 aliphatic heterocycles. The monoisotopic (exact) mass is 295 g/mol. The lowest BCUT2D eigenvalue weighted by Crippen LogP contribution is -2.42. The highest BCUT2D eigenvalue weighted by atomic mass is 32.2. The van der Waals surface area contributed by atoms with Crippen LogP contribution in [0.25, 0.3) is 0 Å². The molecule has 2 unspecified atom stereocenters. The number of hydrogen-bond acceptors (Lipinski definition) is 4. The number of hydrogen-bond donors (Lipinski definition) is 2. The Labute approximate surface area is 120 Å². The minimum Gasteiger partial charge on any atom is -0.398 e. The molecule has 0 aromatic heterocycles. The molecule has 1 aromatic carbocycles. The van der Waals surface area contributed by atoms with Crippen LogP contribution in [0, 0.1) is 6.92 Å². The first kappa shape index (κ1) is 13.9. The van der Waals surface area contributed by atoms with Crippen molar-refractivity contribution in [2.24, 2.45) is 0 Å². The largest absolute Gasteiger partial charge is 0.398 e. The zero-order chi connectivity index (χ0) is 14.3. The van der Waals surface area contributed by atoms with E-state index in [2.05, 4.69) is 9.62 Å². The van der Waals surface area contributed by atoms with Gasteiger partial charge in [-0.05, 0) is 50.4 Å². The number of fused-ring (bicyclic) bond motifs is 1. The van der Waals surface area contributed by atoms with Gasteiger partial charge in [0.05, 0.1) is 5.69 Å². The molecular formula is C14H21N3O2S. The molecule has 2 aliphatic rings. The number of nitrogen functional groups attached to an aromatic ring is 1. The van der Waals surface area contributed by atoms with E-state index in [4.69, 9.17) is 5.73 Å². The van der Waals surface area contributed by atoms with Gasteiger partial charge in [-0.3, -0.25) is 4.90 Å². The lowest BCUT2D eigenvalue weighted by molar-refractivity contribution is 0.309. The van der Waals surface area contributed by atoms with Crippen molar-refractivity contribution in [1.82, 2.24) is 9.62 Å². The molecule has 1 aromatic rings. The second-order valence-electron chi connectivity index (χ2n) is 5.80. The Balaban J connectivity index is 1.82. The molecule has 2 atom stereocenters. The van der Waals surface area contributed by atoms with E-state index in [1.165, 1.54) is 0 Å². The summed E-state index contributed by atoms with van der Waals surface area (Å²) in [5.41, 5.74) is 7.14. The van der Waals surface area contributed by atoms with Gasteiger partial charge in [-0.15, -0.1) is 0 Å². The van der Waals surface area contributed by atoms with Gasteiger partial charge in [-0.1, -0.05) is 6.07 Å². The fraction of sp³-hybridized carbons (Fsp3) is 0.571. The van der Waals surface area contributed by atoms with Gasteiger partial charge in [0.25, 0.3) is 0 Å². The van der Waals surface area contributed by atoms with Crippen molar-refractivity contribution >= 4 is 15.7 Å². The Bertz CT molecular complexity index is 615. The van der Waals surface area contributed by atoms with Crippen molar-refractivity contribution in [3.8, 4) is 0 Å². The van der Waals surface area contributed by atoms with Crippen LogP contribution in [0.2, 0.25) is 0 Å². The van der Waals surface area contributed by atoms with Crippen LogP contribution in [-0.4, -0.2) is 38.5 Å². The summed E-state index contributed by atoms with van der Waals surface area (Å²) in [6, 6.07) is 5.45. The van der Waals surface area contributed by atoms with Crippen molar-refractivity contribution < 1.29 is 8.42 Å². The third kappa shape index (κ3) is 2.43. The first-order valence-corrected chi connectivity index (χ1v) is 8.58. The van der Waals surface area contributed by atoms with E-state index in [0.29, 0.717) is 11.7 Å². The molecule has 3 rings (SSSR count). The molecule has 0 amide bonds. The molecule has 5 nitrogen and oxygen atoms in total. The van der Waals surface area contributed by atoms with Gasteiger partial charge >= 0.3 is 0 Å². The smallest absolute Gasteiger partial charge is 0.242 e. The van der Waals surface area contributed by atoms with Crippen molar-refractivity contribution in [3.05, 3.63) is 23.8 Å². The molecule has 110 valence electrons. The second kappa shape index (κ2) is 5.02. The standard InChI is InChI=1S/C14H21N3O2S/c1-10-4-5-14(11(15)9-10)20(18,19)16-12-6-8-17-7-2-3-13(12)17/h4-5,9,12-13,16H,2-3,6-8,15H2,1H3. The van der Waals surface area contributed by atoms with Gasteiger partial charge in [0.2, 0.25) is 10.0 Å². The zero-order valence-corrected chi connectivity index (χ0v) is 12.5. The topological polar surface area (TPSA) is 75.4 Å². The number of nitrogens with zero attached hydrogens (tertiary/aromatic N) is 1. The quantitative estimate of drug-likeness (QED) is 0.819. The average molecular weight is 295 g/mol. The molecule has 6 heteroatoms. The number of rotatable bonds is 3. The number of anilines is 1. The van der Waals surface area contributed by atoms with E-state index in [0.717, 1.165) is 37.9 Å². The molecule has 2 saturated heterocycles. The molecule has 0 spiro atoms. The van der Waals surface area contributed by atoms with E-state index in [-0.39, 0.29) is 10.9 Å². The summed E-state index contributed by atoms with van der Waals surface area (Å²) < 4.78 is 27.9. The lowest BCUT2D eigenvalue weighted by Gasteiger charge is -2.21. The predicted octanol–water partition coefficient (Wildman–Crippen LogP) is 1.09. The highest BCUT2D eigenvalue weighted by Crippen LogP contribution is 2.29. The lowest BCUT2D eigenvalue weighted by atomic mass is 10.1. The van der Waals surface area contributed by atoms with Gasteiger partial charge in [0.15, 0.2) is 0 Å². The first-order valence-electron chi connectivity index (χ1n) is 7.10. The predicted molar refractivity (Wildman–Crippen MR) is 78.9 cm³/mol. The van der Waals surface area contributed by atoms with Crippen LogP contribution in [0.15, 0.2) is 23.1 Å². The van der Waals surface area contributed by atoms with Crippen LogP contribution < -0.4 is 10.5 Å². The van der Waals surface area contributed by atoms with Crippen molar-refractivity contribution in [2.75, 3.05) is 18.8 Å². The van der Waals surface area contributed by atoms with Crippen molar-refractivity contribution in [3.63, 3.8) is 0 Å². The van der Waals surface area contributed by atoms with Gasteiger partial charge in [0.1, 0.15) is 4.90 Å². The number of nitrogens with one attached hydrogen (secondary N) is 1. The maximum Gasteiger partial charge on any atom is 0.242 e. The van der Waals surface area contributed by atoms with Crippen molar-refractivity contribution in [1.29, 1.82) is 0 Å². The third-order valence-electron chi connectivity index (χ3n) is 4.37. The maximum atomic E-state index is 12.5. The van der Waals surface area contributed by atoms with Gasteiger partial charge in [0, 0.05) is 18.6 Å². The first-order chi connectivity index (χ1) is 9.47. The summed E-state index contributed by atoms with van der Waals surface area (Å²) in [4.78, 5) is 2.57. The van der Waals surface area contributed by atoms with Crippen LogP contribution in [0.1, 0.15) is 24.8 Å². The molecule has 0 bridgehead atoms. The Morgan fingerprint density at radius 2 is 2.10 bits per heavy atom. The molecule has 0 aliphatic carbocycles. The summed E-state index contributed by atoms with van der Waals surface area (Å²) in [5, 5.41) is 0. The zero-order valence-electron chi connectivity index (χ0n) is 11.7. The molecular weight excluding hydrogens is 274 g/mol. The highest BCUT2D eigenvalue weighted by Gasteiger charge is 2.39. The van der Waals surface area contributed by atoms with E-state index in [1.54, 1.807) is 18.2 Å². The Kier molecular flexibility index (Phi) is 3.48. The minimum atomic E-state index is -3.53. The van der Waals surface area contributed by atoms with E-state index in [1.807, 2.05) is 6.92 Å². The minimum absolute atomic E-state index is 0.0169. The normalized spacial score (nSPS) is 26.9. The maximum absolute atomic E-state index is 12.5. The SMILES string of the molecule is Cc1ccc(S(=O)(=O)NC2CCN3CCCC23)c(N)c1. The van der Waals surface area contributed by atoms with Crippen LogP contribution in [0.5, 0.6) is 0 Å². The molecule has 3 N–H and O–H groups in total. The summed E-state index contributed by atoms with van der Waals surface area (Å²) in [5.74, 6) is 0. The third-order valence-corrected chi connectivity index (χ3v) is 5.93. The second-order valence-corrected chi connectivity index (χ2v) is 7.49. The molecule has 2 fully saturated rings. The van der Waals surface area contributed by atoms with Gasteiger partial charge in [-0.2, -0.15) is 0 Å². The van der Waals surface area contributed by atoms with Gasteiger partial charge in [-0.25, -0.2) is 13.1 Å². The Hall–Kier alpha value is -1.11.